The van der Waals surface area contributed by atoms with Crippen molar-refractivity contribution in [2.75, 3.05) is 0 Å². The van der Waals surface area contributed by atoms with Gasteiger partial charge in [0, 0.05) is 0 Å². The van der Waals surface area contributed by atoms with Crippen molar-refractivity contribution in [2.24, 2.45) is 0 Å². The van der Waals surface area contributed by atoms with Gasteiger partial charge >= 0.3 is 69.2 Å². The second kappa shape index (κ2) is 3.11. The van der Waals surface area contributed by atoms with E-state index in [0.717, 1.165) is 10.8 Å². The van der Waals surface area contributed by atoms with Crippen LogP contribution in [-0.4, -0.2) is 22.0 Å². The van der Waals surface area contributed by atoms with E-state index in [1.54, 1.807) is 0 Å². The summed E-state index contributed by atoms with van der Waals surface area (Å²) in [5, 5.41) is 9.25. The molecule has 0 aliphatic rings. The third-order valence-electron chi connectivity index (χ3n) is 1.50. The summed E-state index contributed by atoms with van der Waals surface area (Å²) in [4.78, 5) is 0. The molecule has 0 saturated heterocycles. The number of benzene rings is 1. The minimum absolute atomic E-state index is 0.430. The molecule has 0 aromatic heterocycles. The van der Waals surface area contributed by atoms with Crippen LogP contribution in [0.15, 0.2) is 18.2 Å². The number of aryl methyl sites for hydroxylation is 1. The predicted molar refractivity (Wildman–Crippen MR) is 45.7 cm³/mol. The van der Waals surface area contributed by atoms with Gasteiger partial charge in [-0.15, -0.1) is 0 Å². The molecular weight excluding hydrogens is 187 g/mol. The zero-order valence-electron chi connectivity index (χ0n) is 5.96. The van der Waals surface area contributed by atoms with E-state index < -0.39 is 0 Å². The molecule has 0 spiro atoms. The summed E-state index contributed by atoms with van der Waals surface area (Å²) in [7, 11) is 0. The van der Waals surface area contributed by atoms with Gasteiger partial charge in [0.25, 0.3) is 0 Å². The summed E-state index contributed by atoms with van der Waals surface area (Å²) in [5.74, 6) is 0.430. The number of hydrogen-bond acceptors (Lipinski definition) is 1. The summed E-state index contributed by atoms with van der Waals surface area (Å²) in [6.07, 6.45) is 0.987. The Morgan fingerprint density at radius 1 is 1.50 bits per heavy atom. The maximum absolute atomic E-state index is 9.25. The average molecular weight is 198 g/mol. The van der Waals surface area contributed by atoms with Crippen molar-refractivity contribution < 1.29 is 5.11 Å². The number of hydrogen-bond donors (Lipinski definition) is 1. The van der Waals surface area contributed by atoms with Crippen LogP contribution in [0, 0.1) is 0 Å². The first-order valence-electron chi connectivity index (χ1n) is 3.31. The fraction of sp³-hybridized carbons (Fsp3) is 0.250. The van der Waals surface area contributed by atoms with Gasteiger partial charge in [-0.25, -0.2) is 0 Å². The molecule has 1 aromatic carbocycles. The Bertz CT molecular complexity index is 233. The third kappa shape index (κ3) is 1.54. The molecule has 0 fully saturated rings. The van der Waals surface area contributed by atoms with Gasteiger partial charge in [0.2, 0.25) is 0 Å². The first-order valence-corrected chi connectivity index (χ1v) is 4.52. The Balaban J connectivity index is 3.04. The monoisotopic (exact) mass is 198 g/mol. The van der Waals surface area contributed by atoms with Gasteiger partial charge in [-0.2, -0.15) is 0 Å². The molecule has 1 unspecified atom stereocenters. The molecule has 0 aliphatic carbocycles. The number of phenolic OH excluding ortho intramolecular Hbond substituents is 1. The van der Waals surface area contributed by atoms with E-state index in [-0.39, 0.29) is 0 Å². The van der Waals surface area contributed by atoms with Crippen LogP contribution < -0.4 is 4.35 Å². The second-order valence-corrected chi connectivity index (χ2v) is 3.55. The van der Waals surface area contributed by atoms with Crippen molar-refractivity contribution in [1.82, 2.24) is 0 Å². The molecule has 2 heteroatoms. The van der Waals surface area contributed by atoms with Gasteiger partial charge < -0.3 is 0 Å². The molecule has 1 atom stereocenters. The second-order valence-electron chi connectivity index (χ2n) is 2.25. The molecule has 0 aliphatic heterocycles. The Kier molecular flexibility index (Phi) is 2.39. The quantitative estimate of drug-likeness (QED) is 0.639. The SMILES string of the molecule is CCc1ccc([AsH2])c(O)c1. The minimum atomic E-state index is 0.430. The van der Waals surface area contributed by atoms with Crippen LogP contribution in [0.25, 0.3) is 0 Å². The van der Waals surface area contributed by atoms with Crippen molar-refractivity contribution in [1.29, 1.82) is 0 Å². The zero-order valence-corrected chi connectivity index (χ0v) is 8.39. The van der Waals surface area contributed by atoms with Crippen LogP contribution in [0.3, 0.4) is 0 Å². The Morgan fingerprint density at radius 3 is 2.70 bits per heavy atom. The van der Waals surface area contributed by atoms with E-state index >= 15 is 0 Å². The van der Waals surface area contributed by atoms with Crippen LogP contribution in [0.2, 0.25) is 0 Å². The summed E-state index contributed by atoms with van der Waals surface area (Å²) >= 11 is 1.46. The standard InChI is InChI=1S/C8H11AsO/c1-2-6-3-4-7(9)8(10)5-6/h3-5,10H,2,9H2,1H3. The number of aromatic hydroxyl groups is 1. The van der Waals surface area contributed by atoms with Crippen molar-refractivity contribution in [3.63, 3.8) is 0 Å². The van der Waals surface area contributed by atoms with Gasteiger partial charge in [-0.1, -0.05) is 0 Å². The normalized spacial score (nSPS) is 9.80. The molecule has 0 bridgehead atoms. The van der Waals surface area contributed by atoms with E-state index in [1.165, 1.54) is 22.4 Å². The molecule has 0 amide bonds. The summed E-state index contributed by atoms with van der Waals surface area (Å²) in [6, 6.07) is 5.85. The number of rotatable bonds is 1. The summed E-state index contributed by atoms with van der Waals surface area (Å²) < 4.78 is 1.00. The summed E-state index contributed by atoms with van der Waals surface area (Å²) in [6.45, 7) is 2.08. The van der Waals surface area contributed by atoms with Crippen molar-refractivity contribution in [2.45, 2.75) is 13.3 Å². The van der Waals surface area contributed by atoms with E-state index in [0.29, 0.717) is 5.75 Å². The van der Waals surface area contributed by atoms with Gasteiger partial charge in [0.1, 0.15) is 0 Å². The van der Waals surface area contributed by atoms with Crippen LogP contribution in [-0.2, 0) is 6.42 Å². The van der Waals surface area contributed by atoms with Crippen molar-refractivity contribution in [3.05, 3.63) is 23.8 Å². The van der Waals surface area contributed by atoms with E-state index in [9.17, 15) is 5.11 Å². The first-order chi connectivity index (χ1) is 4.74. The molecular formula is C8H11AsO. The number of phenols is 1. The van der Waals surface area contributed by atoms with Gasteiger partial charge in [-0.05, 0) is 0 Å². The molecule has 1 nitrogen and oxygen atoms in total. The van der Waals surface area contributed by atoms with Gasteiger partial charge in [0.15, 0.2) is 0 Å². The van der Waals surface area contributed by atoms with Crippen molar-refractivity contribution in [3.8, 4) is 5.75 Å². The van der Waals surface area contributed by atoms with E-state index in [1.807, 2.05) is 12.1 Å². The first kappa shape index (κ1) is 7.68. The van der Waals surface area contributed by atoms with Crippen molar-refractivity contribution >= 4 is 21.2 Å². The Labute approximate surface area is 69.6 Å². The molecule has 0 radical (unpaired) electrons. The molecule has 0 saturated carbocycles. The Hall–Kier alpha value is -0.422. The van der Waals surface area contributed by atoms with E-state index in [2.05, 4.69) is 13.0 Å². The van der Waals surface area contributed by atoms with Crippen LogP contribution in [0.4, 0.5) is 0 Å². The topological polar surface area (TPSA) is 20.2 Å². The predicted octanol–water partition coefficient (Wildman–Crippen LogP) is 0.213. The molecule has 1 N–H and O–H groups in total. The third-order valence-corrected chi connectivity index (χ3v) is 2.53. The maximum atomic E-state index is 9.25. The van der Waals surface area contributed by atoms with Crippen LogP contribution in [0.1, 0.15) is 12.5 Å². The zero-order chi connectivity index (χ0) is 7.56. The molecule has 0 heterocycles. The van der Waals surface area contributed by atoms with Crippen LogP contribution in [0.5, 0.6) is 5.75 Å². The fourth-order valence-corrected chi connectivity index (χ4v) is 1.19. The molecule has 1 aromatic rings. The van der Waals surface area contributed by atoms with E-state index in [4.69, 9.17) is 0 Å². The molecule has 54 valence electrons. The molecule has 10 heavy (non-hydrogen) atoms. The van der Waals surface area contributed by atoms with Gasteiger partial charge in [0.05, 0.1) is 0 Å². The average Bonchev–Trinajstić information content (AvgIpc) is 1.95. The molecule has 1 rings (SSSR count). The summed E-state index contributed by atoms with van der Waals surface area (Å²) in [5.41, 5.74) is 1.19. The van der Waals surface area contributed by atoms with Gasteiger partial charge in [-0.3, -0.25) is 0 Å². The Morgan fingerprint density at radius 2 is 2.20 bits per heavy atom. The fourth-order valence-electron chi connectivity index (χ4n) is 0.809. The van der Waals surface area contributed by atoms with Crippen LogP contribution >= 0.6 is 0 Å².